The number of hydrogen-bond acceptors (Lipinski definition) is 7. The molecule has 4 aromatic heterocycles. The molecular weight excluding hydrogens is 591 g/mol. The predicted molar refractivity (Wildman–Crippen MR) is 192 cm³/mol. The van der Waals surface area contributed by atoms with Crippen molar-refractivity contribution in [2.75, 3.05) is 0 Å². The molecule has 0 fully saturated rings. The molecule has 0 aliphatic rings. The third-order valence-electron chi connectivity index (χ3n) is 8.97. The molecule has 10 aromatic rings. The average Bonchev–Trinajstić information content (AvgIpc) is 3.17. The van der Waals surface area contributed by atoms with Gasteiger partial charge < -0.3 is 0 Å². The van der Waals surface area contributed by atoms with Gasteiger partial charge in [-0.2, -0.15) is 0 Å². The summed E-state index contributed by atoms with van der Waals surface area (Å²) in [4.78, 5) is 34.7. The van der Waals surface area contributed by atoms with Crippen LogP contribution in [0.3, 0.4) is 0 Å². The molecule has 7 nitrogen and oxygen atoms in total. The van der Waals surface area contributed by atoms with E-state index < -0.39 is 0 Å². The van der Waals surface area contributed by atoms with Gasteiger partial charge >= 0.3 is 0 Å². The summed E-state index contributed by atoms with van der Waals surface area (Å²) in [7, 11) is 0. The lowest BCUT2D eigenvalue weighted by atomic mass is 10.1. The van der Waals surface area contributed by atoms with Crippen LogP contribution in [-0.4, -0.2) is 34.9 Å². The lowest BCUT2D eigenvalue weighted by Crippen LogP contribution is -2.00. The first-order valence-corrected chi connectivity index (χ1v) is 15.7. The van der Waals surface area contributed by atoms with Crippen LogP contribution in [0.25, 0.3) is 99.5 Å². The monoisotopic (exact) mass is 613 g/mol. The Morgan fingerprint density at radius 2 is 0.667 bits per heavy atom. The number of benzene rings is 6. The molecule has 0 unspecified atom stereocenters. The van der Waals surface area contributed by atoms with Gasteiger partial charge in [0.15, 0.2) is 17.5 Å². The van der Waals surface area contributed by atoms with Gasteiger partial charge in [0.05, 0.1) is 16.6 Å². The van der Waals surface area contributed by atoms with Crippen LogP contribution >= 0.6 is 0 Å². The van der Waals surface area contributed by atoms with E-state index >= 15 is 0 Å². The molecule has 0 amide bonds. The molecule has 222 valence electrons. The summed E-state index contributed by atoms with van der Waals surface area (Å²) in [6.45, 7) is 0. The minimum absolute atomic E-state index is 0.499. The Morgan fingerprint density at radius 1 is 0.312 bits per heavy atom. The zero-order valence-electron chi connectivity index (χ0n) is 25.4. The highest BCUT2D eigenvalue weighted by Crippen LogP contribution is 2.32. The topological polar surface area (TPSA) is 90.2 Å². The van der Waals surface area contributed by atoms with Gasteiger partial charge in [0.25, 0.3) is 0 Å². The molecule has 0 N–H and O–H groups in total. The van der Waals surface area contributed by atoms with Crippen LogP contribution in [0.2, 0.25) is 0 Å². The molecule has 0 atom stereocenters. The molecule has 0 saturated carbocycles. The van der Waals surface area contributed by atoms with Crippen molar-refractivity contribution in [3.05, 3.63) is 140 Å². The summed E-state index contributed by atoms with van der Waals surface area (Å²) in [5.41, 5.74) is 4.57. The van der Waals surface area contributed by atoms with E-state index in [1.54, 1.807) is 0 Å². The second-order valence-corrected chi connectivity index (χ2v) is 11.9. The lowest BCUT2D eigenvalue weighted by molar-refractivity contribution is 1.14. The molecule has 0 aliphatic heterocycles. The van der Waals surface area contributed by atoms with Crippen molar-refractivity contribution in [3.63, 3.8) is 0 Å². The van der Waals surface area contributed by atoms with Crippen molar-refractivity contribution in [3.8, 4) is 34.4 Å². The molecule has 10 rings (SSSR count). The van der Waals surface area contributed by atoms with E-state index in [9.17, 15) is 0 Å². The second kappa shape index (κ2) is 10.4. The fourth-order valence-electron chi connectivity index (χ4n) is 6.57. The number of aromatic nitrogens is 7. The quantitative estimate of drug-likeness (QED) is 0.183. The van der Waals surface area contributed by atoms with Crippen LogP contribution in [0.5, 0.6) is 0 Å². The predicted octanol–water partition coefficient (Wildman–Crippen LogP) is 9.37. The zero-order chi connectivity index (χ0) is 31.6. The summed E-state index contributed by atoms with van der Waals surface area (Å²) < 4.78 is 0. The van der Waals surface area contributed by atoms with Gasteiger partial charge in [0.1, 0.15) is 11.4 Å². The Labute approximate surface area is 273 Å². The average molecular weight is 614 g/mol. The maximum Gasteiger partial charge on any atom is 0.178 e. The smallest absolute Gasteiger partial charge is 0.178 e. The molecule has 0 saturated heterocycles. The van der Waals surface area contributed by atoms with Gasteiger partial charge in [-0.05, 0) is 28.3 Å². The Bertz CT molecular complexity index is 2590. The SMILES string of the molecule is c1ccc2c(c1)ccc1cnc(-c3cc(-c4ncc5ccc6ccccc6c5n4)nc(-c4ncc5ccc6ccccc6c5n4)c3)nc12. The summed E-state index contributed by atoms with van der Waals surface area (Å²) in [6.07, 6.45) is 5.59. The van der Waals surface area contributed by atoms with E-state index in [1.165, 1.54) is 0 Å². The highest BCUT2D eigenvalue weighted by Gasteiger charge is 2.17. The third kappa shape index (κ3) is 4.25. The maximum absolute atomic E-state index is 5.10. The van der Waals surface area contributed by atoms with Gasteiger partial charge in [0, 0.05) is 56.5 Å². The first kappa shape index (κ1) is 26.5. The Hall–Kier alpha value is -6.73. The van der Waals surface area contributed by atoms with Crippen LogP contribution in [0.4, 0.5) is 0 Å². The first-order valence-electron chi connectivity index (χ1n) is 15.7. The normalized spacial score (nSPS) is 11.8. The fourth-order valence-corrected chi connectivity index (χ4v) is 6.57. The van der Waals surface area contributed by atoms with E-state index in [0.717, 1.165) is 70.6 Å². The van der Waals surface area contributed by atoms with Crippen molar-refractivity contribution in [2.45, 2.75) is 0 Å². The van der Waals surface area contributed by atoms with Gasteiger partial charge in [-0.15, -0.1) is 0 Å². The van der Waals surface area contributed by atoms with Crippen molar-refractivity contribution in [1.82, 2.24) is 34.9 Å². The van der Waals surface area contributed by atoms with Gasteiger partial charge in [-0.25, -0.2) is 34.9 Å². The third-order valence-corrected chi connectivity index (χ3v) is 8.97. The number of fused-ring (bicyclic) bond motifs is 9. The molecular formula is C41H23N7. The lowest BCUT2D eigenvalue weighted by Gasteiger charge is -2.11. The minimum atomic E-state index is 0.499. The first-order chi connectivity index (χ1) is 23.7. The van der Waals surface area contributed by atoms with Crippen LogP contribution in [0.15, 0.2) is 140 Å². The summed E-state index contributed by atoms with van der Waals surface area (Å²) in [5.74, 6) is 1.57. The van der Waals surface area contributed by atoms with E-state index in [4.69, 9.17) is 34.9 Å². The number of pyridine rings is 1. The van der Waals surface area contributed by atoms with Crippen molar-refractivity contribution in [1.29, 1.82) is 0 Å². The summed E-state index contributed by atoms with van der Waals surface area (Å²) in [6, 6.07) is 41.1. The van der Waals surface area contributed by atoms with E-state index in [2.05, 4.69) is 72.8 Å². The van der Waals surface area contributed by atoms with Gasteiger partial charge in [-0.1, -0.05) is 109 Å². The maximum atomic E-state index is 5.10. The van der Waals surface area contributed by atoms with Crippen molar-refractivity contribution < 1.29 is 0 Å². The Balaban J connectivity index is 1.22. The Morgan fingerprint density at radius 3 is 1.10 bits per heavy atom. The summed E-state index contributed by atoms with van der Waals surface area (Å²) >= 11 is 0. The van der Waals surface area contributed by atoms with Crippen LogP contribution in [0, 0.1) is 0 Å². The van der Waals surface area contributed by atoms with Crippen LogP contribution < -0.4 is 0 Å². The van der Waals surface area contributed by atoms with E-state index in [1.807, 2.05) is 67.1 Å². The fraction of sp³-hybridized carbons (Fsp3) is 0. The highest BCUT2D eigenvalue weighted by molar-refractivity contribution is 6.07. The van der Waals surface area contributed by atoms with Gasteiger partial charge in [-0.3, -0.25) is 0 Å². The molecule has 0 radical (unpaired) electrons. The zero-order valence-corrected chi connectivity index (χ0v) is 25.4. The Kier molecular flexibility index (Phi) is 5.74. The number of rotatable bonds is 3. The minimum Gasteiger partial charge on any atom is -0.241 e. The van der Waals surface area contributed by atoms with Gasteiger partial charge in [0.2, 0.25) is 0 Å². The highest BCUT2D eigenvalue weighted by atomic mass is 15.0. The molecule has 0 aliphatic carbocycles. The van der Waals surface area contributed by atoms with E-state index in [-0.39, 0.29) is 0 Å². The molecule has 6 aromatic carbocycles. The van der Waals surface area contributed by atoms with E-state index in [0.29, 0.717) is 28.9 Å². The molecule has 4 heterocycles. The molecule has 7 heteroatoms. The largest absolute Gasteiger partial charge is 0.241 e. The van der Waals surface area contributed by atoms with Crippen LogP contribution in [-0.2, 0) is 0 Å². The molecule has 48 heavy (non-hydrogen) atoms. The van der Waals surface area contributed by atoms with Crippen molar-refractivity contribution in [2.24, 2.45) is 0 Å². The van der Waals surface area contributed by atoms with Crippen molar-refractivity contribution >= 4 is 65.0 Å². The molecule has 0 bridgehead atoms. The number of nitrogens with zero attached hydrogens (tertiary/aromatic N) is 7. The second-order valence-electron chi connectivity index (χ2n) is 11.9. The standard InChI is InChI=1S/C41H23N7/c1-4-10-31-24(7-1)13-16-27-21-42-39(46-36(27)31)30-19-34(40-43-22-28-17-14-25-8-2-5-11-32(25)37(28)47-40)45-35(20-30)41-44-23-29-18-15-26-9-3-6-12-33(26)38(29)48-41/h1-23H. The summed E-state index contributed by atoms with van der Waals surface area (Å²) in [5, 5.41) is 9.44. The number of hydrogen-bond donors (Lipinski definition) is 0. The molecule has 0 spiro atoms. The van der Waals surface area contributed by atoms with Crippen LogP contribution in [0.1, 0.15) is 0 Å².